The first-order valence-corrected chi connectivity index (χ1v) is 7.26. The third kappa shape index (κ3) is 2.82. The fourth-order valence-corrected chi connectivity index (χ4v) is 3.12. The predicted octanol–water partition coefficient (Wildman–Crippen LogP) is 2.74. The number of rotatable bonds is 4. The number of hydrogen-bond donors (Lipinski definition) is 1. The van der Waals surface area contributed by atoms with Gasteiger partial charge in [-0.05, 0) is 18.4 Å². The van der Waals surface area contributed by atoms with Crippen molar-refractivity contribution in [3.63, 3.8) is 0 Å². The van der Waals surface area contributed by atoms with E-state index in [-0.39, 0.29) is 22.7 Å². The van der Waals surface area contributed by atoms with Crippen LogP contribution in [-0.2, 0) is 0 Å². The van der Waals surface area contributed by atoms with Gasteiger partial charge in [-0.25, -0.2) is 9.78 Å². The number of aromatic nitrogens is 1. The lowest BCUT2D eigenvalue weighted by Crippen LogP contribution is -2.29. The Morgan fingerprint density at radius 3 is 2.68 bits per heavy atom. The van der Waals surface area contributed by atoms with Crippen molar-refractivity contribution >= 4 is 34.6 Å². The Labute approximate surface area is 118 Å². The van der Waals surface area contributed by atoms with Gasteiger partial charge in [-0.3, -0.25) is 4.79 Å². The van der Waals surface area contributed by atoms with Gasteiger partial charge in [0.05, 0.1) is 6.04 Å². The number of carboxylic acid groups (broad SMARTS) is 1. The minimum atomic E-state index is -1.12. The molecule has 0 bridgehead atoms. The highest BCUT2D eigenvalue weighted by Gasteiger charge is 2.23. The van der Waals surface area contributed by atoms with Gasteiger partial charge in [0.25, 0.3) is 5.91 Å². The molecule has 1 amide bonds. The SMILES string of the molecule is CC(c1cccs1)N(C)C(=O)c1nc(C(=O)O)cs1. The number of carbonyl (C=O) groups is 2. The molecule has 7 heteroatoms. The van der Waals surface area contributed by atoms with Crippen LogP contribution in [0.5, 0.6) is 0 Å². The molecule has 0 saturated carbocycles. The van der Waals surface area contributed by atoms with E-state index in [2.05, 4.69) is 4.98 Å². The largest absolute Gasteiger partial charge is 0.476 e. The maximum absolute atomic E-state index is 12.2. The molecule has 0 spiro atoms. The summed E-state index contributed by atoms with van der Waals surface area (Å²) in [6.07, 6.45) is 0. The van der Waals surface area contributed by atoms with Crippen LogP contribution in [0.1, 0.15) is 38.1 Å². The van der Waals surface area contributed by atoms with Gasteiger partial charge >= 0.3 is 5.97 Å². The van der Waals surface area contributed by atoms with Gasteiger partial charge in [0, 0.05) is 17.3 Å². The van der Waals surface area contributed by atoms with Gasteiger partial charge < -0.3 is 10.0 Å². The average molecular weight is 296 g/mol. The molecule has 100 valence electrons. The average Bonchev–Trinajstić information content (AvgIpc) is 3.06. The second-order valence-electron chi connectivity index (χ2n) is 3.95. The smallest absolute Gasteiger partial charge is 0.355 e. The van der Waals surface area contributed by atoms with Crippen LogP contribution in [0.3, 0.4) is 0 Å². The fraction of sp³-hybridized carbons (Fsp3) is 0.250. The molecule has 5 nitrogen and oxygen atoms in total. The summed E-state index contributed by atoms with van der Waals surface area (Å²) >= 11 is 2.63. The number of thiazole rings is 1. The van der Waals surface area contributed by atoms with Crippen molar-refractivity contribution in [3.05, 3.63) is 38.5 Å². The van der Waals surface area contributed by atoms with E-state index >= 15 is 0 Å². The molecule has 0 aromatic carbocycles. The molecule has 1 unspecified atom stereocenters. The van der Waals surface area contributed by atoms with Gasteiger partial charge in [0.1, 0.15) is 0 Å². The van der Waals surface area contributed by atoms with Crippen LogP contribution < -0.4 is 0 Å². The lowest BCUT2D eigenvalue weighted by molar-refractivity contribution is 0.0691. The van der Waals surface area contributed by atoms with Crippen molar-refractivity contribution in [2.24, 2.45) is 0 Å². The number of nitrogens with zero attached hydrogens (tertiary/aromatic N) is 2. The molecule has 2 heterocycles. The summed E-state index contributed by atoms with van der Waals surface area (Å²) in [7, 11) is 1.69. The molecule has 0 aliphatic carbocycles. The Hall–Kier alpha value is -1.73. The lowest BCUT2D eigenvalue weighted by atomic mass is 10.2. The molecule has 0 fully saturated rings. The number of aromatic carboxylic acids is 1. The number of carbonyl (C=O) groups excluding carboxylic acids is 1. The summed E-state index contributed by atoms with van der Waals surface area (Å²) in [5.41, 5.74) is -0.0921. The first kappa shape index (κ1) is 13.7. The van der Waals surface area contributed by atoms with Crippen molar-refractivity contribution in [2.45, 2.75) is 13.0 Å². The van der Waals surface area contributed by atoms with Gasteiger partial charge in [-0.1, -0.05) is 6.07 Å². The van der Waals surface area contributed by atoms with Gasteiger partial charge in [0.15, 0.2) is 10.7 Å². The van der Waals surface area contributed by atoms with E-state index in [4.69, 9.17) is 5.11 Å². The normalized spacial score (nSPS) is 12.1. The van der Waals surface area contributed by atoms with E-state index in [9.17, 15) is 9.59 Å². The molecular weight excluding hydrogens is 284 g/mol. The van der Waals surface area contributed by atoms with Crippen LogP contribution >= 0.6 is 22.7 Å². The van der Waals surface area contributed by atoms with Gasteiger partial charge in [-0.15, -0.1) is 22.7 Å². The molecule has 2 aromatic rings. The Bertz CT molecular complexity index is 592. The van der Waals surface area contributed by atoms with Crippen molar-refractivity contribution in [1.29, 1.82) is 0 Å². The Kier molecular flexibility index (Phi) is 3.96. The zero-order valence-electron chi connectivity index (χ0n) is 10.4. The molecule has 0 aliphatic heterocycles. The molecular formula is C12H12N2O3S2. The lowest BCUT2D eigenvalue weighted by Gasteiger charge is -2.22. The Balaban J connectivity index is 2.16. The molecule has 2 rings (SSSR count). The highest BCUT2D eigenvalue weighted by molar-refractivity contribution is 7.12. The maximum Gasteiger partial charge on any atom is 0.355 e. The minimum absolute atomic E-state index is 0.0651. The highest BCUT2D eigenvalue weighted by Crippen LogP contribution is 2.25. The summed E-state index contributed by atoms with van der Waals surface area (Å²) in [5, 5.41) is 12.3. The summed E-state index contributed by atoms with van der Waals surface area (Å²) in [5.74, 6) is -1.39. The van der Waals surface area contributed by atoms with E-state index in [1.165, 1.54) is 5.38 Å². The van der Waals surface area contributed by atoms with Crippen LogP contribution in [0.4, 0.5) is 0 Å². The maximum atomic E-state index is 12.2. The third-order valence-electron chi connectivity index (χ3n) is 2.76. The predicted molar refractivity (Wildman–Crippen MR) is 73.9 cm³/mol. The van der Waals surface area contributed by atoms with Crippen LogP contribution in [0, 0.1) is 0 Å². The zero-order valence-corrected chi connectivity index (χ0v) is 12.0. The summed E-state index contributed by atoms with van der Waals surface area (Å²) < 4.78 is 0. The molecule has 19 heavy (non-hydrogen) atoms. The molecule has 0 aliphatic rings. The Morgan fingerprint density at radius 1 is 1.42 bits per heavy atom. The van der Waals surface area contributed by atoms with Gasteiger partial charge in [0.2, 0.25) is 0 Å². The first-order chi connectivity index (χ1) is 9.00. The van der Waals surface area contributed by atoms with E-state index in [1.807, 2.05) is 24.4 Å². The third-order valence-corrected chi connectivity index (χ3v) is 4.64. The number of thiophene rings is 1. The van der Waals surface area contributed by atoms with E-state index in [0.29, 0.717) is 0 Å². The molecule has 0 saturated heterocycles. The van der Waals surface area contributed by atoms with Crippen LogP contribution in [0.25, 0.3) is 0 Å². The second-order valence-corrected chi connectivity index (χ2v) is 5.79. The standard InChI is InChI=1S/C12H12N2O3S2/c1-7(9-4-3-5-18-9)14(2)11(15)10-13-8(6-19-10)12(16)17/h3-7H,1-2H3,(H,16,17). The minimum Gasteiger partial charge on any atom is -0.476 e. The second kappa shape index (κ2) is 5.50. The van der Waals surface area contributed by atoms with Crippen LogP contribution in [-0.4, -0.2) is 33.9 Å². The Morgan fingerprint density at radius 2 is 2.16 bits per heavy atom. The monoisotopic (exact) mass is 296 g/mol. The number of amides is 1. The van der Waals surface area contributed by atoms with E-state index < -0.39 is 5.97 Å². The van der Waals surface area contributed by atoms with Crippen molar-refractivity contribution in [1.82, 2.24) is 9.88 Å². The fourth-order valence-electron chi connectivity index (χ4n) is 1.52. The number of hydrogen-bond acceptors (Lipinski definition) is 5. The van der Waals surface area contributed by atoms with Crippen LogP contribution in [0.15, 0.2) is 22.9 Å². The quantitative estimate of drug-likeness (QED) is 0.941. The summed E-state index contributed by atoms with van der Waals surface area (Å²) in [6.45, 7) is 1.93. The molecule has 1 N–H and O–H groups in total. The van der Waals surface area contributed by atoms with Crippen molar-refractivity contribution in [2.75, 3.05) is 7.05 Å². The van der Waals surface area contributed by atoms with Crippen molar-refractivity contribution in [3.8, 4) is 0 Å². The molecule has 1 atom stereocenters. The summed E-state index contributed by atoms with van der Waals surface area (Å²) in [4.78, 5) is 29.4. The highest BCUT2D eigenvalue weighted by atomic mass is 32.1. The molecule has 2 aromatic heterocycles. The van der Waals surface area contributed by atoms with Gasteiger partial charge in [-0.2, -0.15) is 0 Å². The first-order valence-electron chi connectivity index (χ1n) is 5.50. The van der Waals surface area contributed by atoms with E-state index in [0.717, 1.165) is 16.2 Å². The van der Waals surface area contributed by atoms with Crippen LogP contribution in [0.2, 0.25) is 0 Å². The summed E-state index contributed by atoms with van der Waals surface area (Å²) in [6, 6.07) is 3.83. The topological polar surface area (TPSA) is 70.5 Å². The van der Waals surface area contributed by atoms with E-state index in [1.54, 1.807) is 23.3 Å². The zero-order chi connectivity index (χ0) is 14.0. The number of carboxylic acids is 1. The van der Waals surface area contributed by atoms with Crippen molar-refractivity contribution < 1.29 is 14.7 Å². The molecule has 0 radical (unpaired) electrons.